The minimum Gasteiger partial charge on any atom is -0.493 e. The van der Waals surface area contributed by atoms with Crippen LogP contribution in [0.1, 0.15) is 18.9 Å². The van der Waals surface area contributed by atoms with E-state index in [0.717, 1.165) is 22.2 Å². The number of hydrogen-bond donors (Lipinski definition) is 2. The van der Waals surface area contributed by atoms with Gasteiger partial charge in [-0.15, -0.1) is 5.10 Å². The molecular weight excluding hydrogens is 284 g/mol. The number of halogens is 1. The predicted octanol–water partition coefficient (Wildman–Crippen LogP) is 1.85. The van der Waals surface area contributed by atoms with E-state index in [9.17, 15) is 0 Å². The monoisotopic (exact) mass is 298 g/mol. The molecule has 1 aromatic rings. The van der Waals surface area contributed by atoms with Gasteiger partial charge in [-0.05, 0) is 24.6 Å². The highest BCUT2D eigenvalue weighted by Gasteiger charge is 2.02. The van der Waals surface area contributed by atoms with Crippen LogP contribution in [-0.2, 0) is 0 Å². The van der Waals surface area contributed by atoms with Crippen LogP contribution in [0, 0.1) is 0 Å². The predicted molar refractivity (Wildman–Crippen MR) is 73.3 cm³/mol. The summed E-state index contributed by atoms with van der Waals surface area (Å²) in [5, 5.41) is 7.30. The maximum Gasteiger partial charge on any atom is 0.211 e. The molecule has 0 aliphatic heterocycles. The van der Waals surface area contributed by atoms with E-state index in [4.69, 9.17) is 16.2 Å². The SMILES string of the molecule is CCCOc1ccc(Br)cc1C=NN=C(N)N. The van der Waals surface area contributed by atoms with Crippen molar-refractivity contribution in [3.05, 3.63) is 28.2 Å². The molecule has 6 heteroatoms. The minimum atomic E-state index is -0.0766. The maximum absolute atomic E-state index is 5.58. The van der Waals surface area contributed by atoms with E-state index in [1.54, 1.807) is 6.21 Å². The zero-order valence-corrected chi connectivity index (χ0v) is 11.1. The molecule has 17 heavy (non-hydrogen) atoms. The molecule has 0 radical (unpaired) electrons. The van der Waals surface area contributed by atoms with Gasteiger partial charge >= 0.3 is 0 Å². The molecule has 0 aliphatic rings. The van der Waals surface area contributed by atoms with Crippen LogP contribution in [0.4, 0.5) is 0 Å². The molecular formula is C11H15BrN4O. The highest BCUT2D eigenvalue weighted by molar-refractivity contribution is 9.10. The summed E-state index contributed by atoms with van der Waals surface area (Å²) in [5.41, 5.74) is 11.2. The number of nitrogens with two attached hydrogens (primary N) is 2. The summed E-state index contributed by atoms with van der Waals surface area (Å²) in [6.07, 6.45) is 2.50. The summed E-state index contributed by atoms with van der Waals surface area (Å²) in [5.74, 6) is 0.678. The van der Waals surface area contributed by atoms with Crippen molar-refractivity contribution >= 4 is 28.1 Å². The average Bonchev–Trinajstić information content (AvgIpc) is 2.27. The van der Waals surface area contributed by atoms with Crippen molar-refractivity contribution in [3.8, 4) is 5.75 Å². The Morgan fingerprint density at radius 1 is 1.47 bits per heavy atom. The van der Waals surface area contributed by atoms with Crippen molar-refractivity contribution < 1.29 is 4.74 Å². The Labute approximate surface area is 109 Å². The van der Waals surface area contributed by atoms with Crippen LogP contribution in [0.25, 0.3) is 0 Å². The molecule has 1 aromatic carbocycles. The van der Waals surface area contributed by atoms with Gasteiger partial charge in [0.1, 0.15) is 5.75 Å². The second-order valence-electron chi connectivity index (χ2n) is 3.30. The Bertz CT molecular complexity index is 427. The lowest BCUT2D eigenvalue weighted by molar-refractivity contribution is 0.317. The van der Waals surface area contributed by atoms with Gasteiger partial charge in [-0.2, -0.15) is 5.10 Å². The molecule has 1 rings (SSSR count). The first kappa shape index (κ1) is 13.5. The van der Waals surface area contributed by atoms with Crippen LogP contribution in [0.3, 0.4) is 0 Å². The summed E-state index contributed by atoms with van der Waals surface area (Å²) < 4.78 is 6.51. The Balaban J connectivity index is 2.90. The number of rotatable bonds is 5. The molecule has 0 aliphatic carbocycles. The van der Waals surface area contributed by atoms with Gasteiger partial charge in [-0.25, -0.2) is 0 Å². The second-order valence-corrected chi connectivity index (χ2v) is 4.22. The smallest absolute Gasteiger partial charge is 0.211 e. The highest BCUT2D eigenvalue weighted by atomic mass is 79.9. The van der Waals surface area contributed by atoms with E-state index in [1.807, 2.05) is 25.1 Å². The summed E-state index contributed by atoms with van der Waals surface area (Å²) >= 11 is 3.38. The first-order valence-electron chi connectivity index (χ1n) is 5.17. The number of guanidine groups is 1. The Morgan fingerprint density at radius 3 is 2.88 bits per heavy atom. The molecule has 92 valence electrons. The lowest BCUT2D eigenvalue weighted by Gasteiger charge is -2.07. The van der Waals surface area contributed by atoms with Crippen LogP contribution in [-0.4, -0.2) is 18.8 Å². The molecule has 0 bridgehead atoms. The molecule has 0 aromatic heterocycles. The molecule has 0 heterocycles. The van der Waals surface area contributed by atoms with Gasteiger partial charge in [-0.3, -0.25) is 0 Å². The molecule has 0 atom stereocenters. The molecule has 0 fully saturated rings. The molecule has 0 saturated heterocycles. The summed E-state index contributed by atoms with van der Waals surface area (Å²) in [6.45, 7) is 2.71. The van der Waals surface area contributed by atoms with Crippen molar-refractivity contribution in [2.24, 2.45) is 21.7 Å². The van der Waals surface area contributed by atoms with Crippen molar-refractivity contribution in [2.75, 3.05) is 6.61 Å². The molecule has 0 spiro atoms. The van der Waals surface area contributed by atoms with E-state index in [1.165, 1.54) is 0 Å². The van der Waals surface area contributed by atoms with E-state index in [0.29, 0.717) is 6.61 Å². The maximum atomic E-state index is 5.58. The summed E-state index contributed by atoms with van der Waals surface area (Å²) in [7, 11) is 0. The number of hydrogen-bond acceptors (Lipinski definition) is 3. The van der Waals surface area contributed by atoms with Gasteiger partial charge in [0, 0.05) is 10.0 Å². The van der Waals surface area contributed by atoms with E-state index >= 15 is 0 Å². The van der Waals surface area contributed by atoms with Crippen LogP contribution in [0.15, 0.2) is 32.9 Å². The van der Waals surface area contributed by atoms with Gasteiger partial charge < -0.3 is 16.2 Å². The molecule has 0 amide bonds. The van der Waals surface area contributed by atoms with Crippen LogP contribution >= 0.6 is 15.9 Å². The van der Waals surface area contributed by atoms with E-state index < -0.39 is 0 Å². The minimum absolute atomic E-state index is 0.0766. The van der Waals surface area contributed by atoms with Crippen LogP contribution in [0.5, 0.6) is 5.75 Å². The van der Waals surface area contributed by atoms with Crippen LogP contribution in [0.2, 0.25) is 0 Å². The van der Waals surface area contributed by atoms with Gasteiger partial charge in [-0.1, -0.05) is 22.9 Å². The fourth-order valence-corrected chi connectivity index (χ4v) is 1.50. The first-order valence-corrected chi connectivity index (χ1v) is 5.97. The highest BCUT2D eigenvalue weighted by Crippen LogP contribution is 2.22. The fourth-order valence-electron chi connectivity index (χ4n) is 1.12. The number of ether oxygens (including phenoxy) is 1. The van der Waals surface area contributed by atoms with Crippen molar-refractivity contribution in [3.63, 3.8) is 0 Å². The molecule has 0 unspecified atom stereocenters. The Morgan fingerprint density at radius 2 is 2.24 bits per heavy atom. The van der Waals surface area contributed by atoms with Gasteiger partial charge in [0.2, 0.25) is 5.96 Å². The third-order valence-electron chi connectivity index (χ3n) is 1.80. The van der Waals surface area contributed by atoms with E-state index in [-0.39, 0.29) is 5.96 Å². The largest absolute Gasteiger partial charge is 0.493 e. The normalized spacial score (nSPS) is 10.5. The second kappa shape index (κ2) is 6.90. The van der Waals surface area contributed by atoms with Crippen LogP contribution < -0.4 is 16.2 Å². The van der Waals surface area contributed by atoms with Crippen molar-refractivity contribution in [1.82, 2.24) is 0 Å². The topological polar surface area (TPSA) is 86.0 Å². The van der Waals surface area contributed by atoms with Crippen molar-refractivity contribution in [1.29, 1.82) is 0 Å². The molecule has 0 saturated carbocycles. The average molecular weight is 299 g/mol. The first-order chi connectivity index (χ1) is 8.13. The fraction of sp³-hybridized carbons (Fsp3) is 0.273. The summed E-state index contributed by atoms with van der Waals surface area (Å²) in [6, 6.07) is 5.66. The zero-order valence-electron chi connectivity index (χ0n) is 9.56. The van der Waals surface area contributed by atoms with Gasteiger partial charge in [0.05, 0.1) is 12.8 Å². The van der Waals surface area contributed by atoms with Gasteiger partial charge in [0.15, 0.2) is 0 Å². The number of nitrogens with zero attached hydrogens (tertiary/aromatic N) is 2. The molecule has 4 N–H and O–H groups in total. The summed E-state index contributed by atoms with van der Waals surface area (Å²) in [4.78, 5) is 0. The van der Waals surface area contributed by atoms with E-state index in [2.05, 4.69) is 26.1 Å². The Kier molecular flexibility index (Phi) is 5.48. The lowest BCUT2D eigenvalue weighted by Crippen LogP contribution is -2.21. The number of benzene rings is 1. The zero-order chi connectivity index (χ0) is 12.7. The third-order valence-corrected chi connectivity index (χ3v) is 2.30. The third kappa shape index (κ3) is 4.86. The molecule has 5 nitrogen and oxygen atoms in total. The van der Waals surface area contributed by atoms with Crippen molar-refractivity contribution in [2.45, 2.75) is 13.3 Å². The standard InChI is InChI=1S/C11H15BrN4O/c1-2-5-17-10-4-3-9(12)6-8(10)7-15-16-11(13)14/h3-4,6-7H,2,5H2,1H3,(H4,13,14,16). The Hall–Kier alpha value is -1.56. The quantitative estimate of drug-likeness (QED) is 0.494. The van der Waals surface area contributed by atoms with Gasteiger partial charge in [0.25, 0.3) is 0 Å². The lowest BCUT2D eigenvalue weighted by atomic mass is 10.2.